The smallest absolute Gasteiger partial charge is 0.257 e. The first-order valence-corrected chi connectivity index (χ1v) is 13.6. The molecule has 0 aliphatic carbocycles. The Labute approximate surface area is 244 Å². The van der Waals surface area contributed by atoms with Crippen molar-refractivity contribution in [2.75, 3.05) is 44.1 Å². The monoisotopic (exact) mass is 579 g/mol. The lowest BCUT2D eigenvalue weighted by molar-refractivity contribution is -0.124. The minimum absolute atomic E-state index is 0.233. The van der Waals surface area contributed by atoms with E-state index in [-0.39, 0.29) is 25.0 Å². The highest BCUT2D eigenvalue weighted by Crippen LogP contribution is 2.41. The Hall–Kier alpha value is -3.54. The number of halogens is 2. The molecular formula is C31H31Cl2N3O4. The number of rotatable bonds is 9. The largest absolute Gasteiger partial charge is 0.398 e. The van der Waals surface area contributed by atoms with Crippen LogP contribution in [-0.2, 0) is 14.3 Å². The Morgan fingerprint density at radius 2 is 1.70 bits per heavy atom. The molecule has 0 bridgehead atoms. The van der Waals surface area contributed by atoms with Crippen LogP contribution in [-0.4, -0.2) is 50.2 Å². The number of carbonyl (C=O) groups excluding carboxylic acids is 2. The molecule has 2 unspecified atom stereocenters. The third-order valence-electron chi connectivity index (χ3n) is 6.79. The van der Waals surface area contributed by atoms with Gasteiger partial charge in [0.1, 0.15) is 6.04 Å². The summed E-state index contributed by atoms with van der Waals surface area (Å²) in [5.74, 6) is 5.29. The van der Waals surface area contributed by atoms with E-state index in [0.29, 0.717) is 56.9 Å². The van der Waals surface area contributed by atoms with Crippen LogP contribution in [0.4, 0.5) is 11.4 Å². The Kier molecular flexibility index (Phi) is 9.72. The Balaban J connectivity index is 1.89. The number of amides is 2. The summed E-state index contributed by atoms with van der Waals surface area (Å²) in [6.45, 7) is 4.89. The molecule has 0 saturated carbocycles. The molecule has 40 heavy (non-hydrogen) atoms. The van der Waals surface area contributed by atoms with E-state index in [4.69, 9.17) is 38.4 Å². The highest BCUT2D eigenvalue weighted by atomic mass is 35.5. The molecule has 0 radical (unpaired) electrons. The van der Waals surface area contributed by atoms with Crippen molar-refractivity contribution in [1.29, 1.82) is 0 Å². The van der Waals surface area contributed by atoms with E-state index in [0.717, 1.165) is 0 Å². The summed E-state index contributed by atoms with van der Waals surface area (Å²) in [7, 11) is 1.60. The molecule has 3 aromatic rings. The van der Waals surface area contributed by atoms with Crippen LogP contribution < -0.4 is 10.6 Å². The van der Waals surface area contributed by atoms with E-state index in [1.165, 1.54) is 0 Å². The van der Waals surface area contributed by atoms with Crippen LogP contribution in [0.1, 0.15) is 53.0 Å². The normalized spacial score (nSPS) is 15.8. The van der Waals surface area contributed by atoms with Gasteiger partial charge in [-0.05, 0) is 67.4 Å². The van der Waals surface area contributed by atoms with Crippen LogP contribution in [0.3, 0.4) is 0 Å². The summed E-state index contributed by atoms with van der Waals surface area (Å²) >= 11 is 12.4. The summed E-state index contributed by atoms with van der Waals surface area (Å²) in [5.41, 5.74) is 9.60. The van der Waals surface area contributed by atoms with Gasteiger partial charge in [0, 0.05) is 35.0 Å². The van der Waals surface area contributed by atoms with Crippen LogP contribution in [0.5, 0.6) is 0 Å². The Bertz CT molecular complexity index is 1450. The Morgan fingerprint density at radius 1 is 0.975 bits per heavy atom. The molecule has 2 atom stereocenters. The van der Waals surface area contributed by atoms with Gasteiger partial charge in [-0.15, -0.1) is 5.92 Å². The van der Waals surface area contributed by atoms with Crippen LogP contribution >= 0.6 is 23.2 Å². The number of hydrogen-bond acceptors (Lipinski definition) is 5. The van der Waals surface area contributed by atoms with E-state index in [2.05, 4.69) is 11.8 Å². The molecule has 0 saturated heterocycles. The molecule has 9 heteroatoms. The maximum absolute atomic E-state index is 14.5. The third-order valence-corrected chi connectivity index (χ3v) is 7.28. The summed E-state index contributed by atoms with van der Waals surface area (Å²) in [6.07, 6.45) is 0. The zero-order valence-electron chi connectivity index (χ0n) is 22.6. The van der Waals surface area contributed by atoms with Crippen molar-refractivity contribution in [3.05, 3.63) is 93.0 Å². The molecule has 1 heterocycles. The van der Waals surface area contributed by atoms with Crippen LogP contribution in [0.2, 0.25) is 10.0 Å². The van der Waals surface area contributed by atoms with Crippen LogP contribution in [0.15, 0.2) is 60.7 Å². The van der Waals surface area contributed by atoms with Crippen molar-refractivity contribution >= 4 is 46.4 Å². The van der Waals surface area contributed by atoms with E-state index in [9.17, 15) is 9.59 Å². The molecule has 2 amide bonds. The van der Waals surface area contributed by atoms with E-state index >= 15 is 0 Å². The van der Waals surface area contributed by atoms with Gasteiger partial charge in [-0.25, -0.2) is 0 Å². The lowest BCUT2D eigenvalue weighted by Crippen LogP contribution is -2.44. The fraction of sp³-hybridized carbons (Fsp3) is 0.290. The number of nitrogen functional groups attached to an aromatic ring is 1. The highest BCUT2D eigenvalue weighted by molar-refractivity contribution is 6.31. The Morgan fingerprint density at radius 3 is 2.38 bits per heavy atom. The SMILES string of the molecule is CC#Cc1ccc2c(c1)C(=O)N(C(C)c1ccc(Cl)cc1N)C(c1ccc(Cl)cc1)C(=O)N2CCOCCOC. The number of ether oxygens (including phenoxy) is 2. The summed E-state index contributed by atoms with van der Waals surface area (Å²) in [5, 5.41) is 1.00. The van der Waals surface area contributed by atoms with Crippen molar-refractivity contribution < 1.29 is 19.1 Å². The number of carbonyl (C=O) groups is 2. The van der Waals surface area contributed by atoms with Crippen molar-refractivity contribution in [3.8, 4) is 11.8 Å². The van der Waals surface area contributed by atoms with Gasteiger partial charge in [0.15, 0.2) is 0 Å². The minimum Gasteiger partial charge on any atom is -0.398 e. The number of nitrogens with two attached hydrogens (primary N) is 1. The molecule has 7 nitrogen and oxygen atoms in total. The van der Waals surface area contributed by atoms with E-state index in [1.54, 1.807) is 78.4 Å². The zero-order valence-corrected chi connectivity index (χ0v) is 24.1. The molecule has 208 valence electrons. The summed E-state index contributed by atoms with van der Waals surface area (Å²) in [4.78, 5) is 32.2. The van der Waals surface area contributed by atoms with E-state index < -0.39 is 12.1 Å². The highest BCUT2D eigenvalue weighted by Gasteiger charge is 2.43. The van der Waals surface area contributed by atoms with Crippen molar-refractivity contribution in [3.63, 3.8) is 0 Å². The average molecular weight is 581 g/mol. The molecule has 0 aromatic heterocycles. The summed E-state index contributed by atoms with van der Waals surface area (Å²) in [6, 6.07) is 15.8. The van der Waals surface area contributed by atoms with Crippen LogP contribution in [0, 0.1) is 11.8 Å². The van der Waals surface area contributed by atoms with Gasteiger partial charge < -0.3 is 25.0 Å². The maximum atomic E-state index is 14.5. The number of nitrogens with zero attached hydrogens (tertiary/aromatic N) is 2. The van der Waals surface area contributed by atoms with Gasteiger partial charge in [-0.3, -0.25) is 9.59 Å². The quantitative estimate of drug-likeness (QED) is 0.194. The van der Waals surface area contributed by atoms with Gasteiger partial charge in [-0.1, -0.05) is 47.3 Å². The number of hydrogen-bond donors (Lipinski definition) is 1. The van der Waals surface area contributed by atoms with Crippen molar-refractivity contribution in [2.24, 2.45) is 0 Å². The van der Waals surface area contributed by atoms with Gasteiger partial charge in [0.05, 0.1) is 37.1 Å². The predicted molar refractivity (Wildman–Crippen MR) is 159 cm³/mol. The van der Waals surface area contributed by atoms with Gasteiger partial charge in [0.25, 0.3) is 11.8 Å². The lowest BCUT2D eigenvalue weighted by Gasteiger charge is -2.36. The summed E-state index contributed by atoms with van der Waals surface area (Å²) < 4.78 is 10.8. The molecule has 0 fully saturated rings. The fourth-order valence-electron chi connectivity index (χ4n) is 4.86. The lowest BCUT2D eigenvalue weighted by atomic mass is 9.97. The third kappa shape index (κ3) is 6.27. The fourth-order valence-corrected chi connectivity index (χ4v) is 5.17. The van der Waals surface area contributed by atoms with Crippen molar-refractivity contribution in [2.45, 2.75) is 25.9 Å². The number of fused-ring (bicyclic) bond motifs is 1. The second kappa shape index (κ2) is 13.2. The molecule has 1 aliphatic rings. The number of anilines is 2. The number of benzene rings is 3. The van der Waals surface area contributed by atoms with Gasteiger partial charge >= 0.3 is 0 Å². The first-order valence-electron chi connectivity index (χ1n) is 12.8. The van der Waals surface area contributed by atoms with E-state index in [1.807, 2.05) is 13.0 Å². The van der Waals surface area contributed by atoms with Gasteiger partial charge in [0.2, 0.25) is 0 Å². The molecule has 2 N–H and O–H groups in total. The molecule has 4 rings (SSSR count). The topological polar surface area (TPSA) is 85.1 Å². The first kappa shape index (κ1) is 29.4. The van der Waals surface area contributed by atoms with Gasteiger partial charge in [-0.2, -0.15) is 0 Å². The van der Waals surface area contributed by atoms with Crippen LogP contribution in [0.25, 0.3) is 0 Å². The maximum Gasteiger partial charge on any atom is 0.257 e. The molecule has 0 spiro atoms. The second-order valence-corrected chi connectivity index (χ2v) is 10.2. The number of methoxy groups -OCH3 is 1. The average Bonchev–Trinajstić information content (AvgIpc) is 3.02. The first-order chi connectivity index (χ1) is 19.3. The molecular weight excluding hydrogens is 549 g/mol. The van der Waals surface area contributed by atoms with Crippen molar-refractivity contribution in [1.82, 2.24) is 4.90 Å². The molecule has 1 aliphatic heterocycles. The minimum atomic E-state index is -0.970. The standard InChI is InChI=1S/C31H31Cl2N3O4/c1-4-5-21-6-13-28-26(18-21)30(37)36(20(2)25-12-11-24(33)19-27(25)34)29(22-7-9-23(32)10-8-22)31(38)35(28)14-15-40-17-16-39-3/h6-13,18-20,29H,14-17,34H2,1-3H3. The predicted octanol–water partition coefficient (Wildman–Crippen LogP) is 5.90. The molecule has 3 aromatic carbocycles. The zero-order chi connectivity index (χ0) is 28.8. The second-order valence-electron chi connectivity index (χ2n) is 9.32.